The van der Waals surface area contributed by atoms with Gasteiger partial charge in [0.1, 0.15) is 5.75 Å². The third-order valence-electron chi connectivity index (χ3n) is 4.39. The molecule has 2 rings (SSSR count). The number of rotatable bonds is 7. The molecule has 2 atom stereocenters. The number of amides is 1. The molecule has 0 aliphatic carbocycles. The summed E-state index contributed by atoms with van der Waals surface area (Å²) in [5, 5.41) is 2.60. The Morgan fingerprint density at radius 3 is 2.50 bits per heavy atom. The average Bonchev–Trinajstić information content (AvgIpc) is 2.89. The highest BCUT2D eigenvalue weighted by Crippen LogP contribution is 2.24. The maximum absolute atomic E-state index is 12.1. The fourth-order valence-corrected chi connectivity index (χ4v) is 5.16. The van der Waals surface area contributed by atoms with Crippen molar-refractivity contribution in [2.75, 3.05) is 23.9 Å². The Balaban J connectivity index is 1.68. The van der Waals surface area contributed by atoms with Crippen LogP contribution in [0.1, 0.15) is 39.7 Å². The SMILES string of the molecule is C[C@@H](SCCOc1ccc(C(C)(C)C)cc1)C(=O)N[C@H]1CCS(=O)(=O)C1. The van der Waals surface area contributed by atoms with Gasteiger partial charge >= 0.3 is 0 Å². The lowest BCUT2D eigenvalue weighted by Crippen LogP contribution is -2.40. The standard InChI is InChI=1S/C19H29NO4S2/c1-14(18(21)20-16-9-12-26(22,23)13-16)25-11-10-24-17-7-5-15(6-8-17)19(2,3)4/h5-8,14,16H,9-13H2,1-4H3,(H,20,21)/t14-,16+/m1/s1. The van der Waals surface area contributed by atoms with Crippen LogP contribution in [0, 0.1) is 0 Å². The van der Waals surface area contributed by atoms with E-state index in [4.69, 9.17) is 4.74 Å². The molecule has 1 heterocycles. The van der Waals surface area contributed by atoms with E-state index in [-0.39, 0.29) is 34.1 Å². The van der Waals surface area contributed by atoms with E-state index in [0.29, 0.717) is 18.8 Å². The second-order valence-corrected chi connectivity index (χ2v) is 11.4. The lowest BCUT2D eigenvalue weighted by Gasteiger charge is -2.19. The van der Waals surface area contributed by atoms with Crippen LogP contribution in [-0.4, -0.2) is 49.5 Å². The van der Waals surface area contributed by atoms with Crippen LogP contribution in [0.15, 0.2) is 24.3 Å². The summed E-state index contributed by atoms with van der Waals surface area (Å²) in [4.78, 5) is 12.1. The van der Waals surface area contributed by atoms with Crippen molar-refractivity contribution in [2.45, 2.75) is 50.8 Å². The predicted molar refractivity (Wildman–Crippen MR) is 108 cm³/mol. The molecule has 0 saturated carbocycles. The van der Waals surface area contributed by atoms with Crippen molar-refractivity contribution in [3.05, 3.63) is 29.8 Å². The third-order valence-corrected chi connectivity index (χ3v) is 7.27. The van der Waals surface area contributed by atoms with Crippen LogP contribution in [-0.2, 0) is 20.0 Å². The number of sulfone groups is 1. The minimum Gasteiger partial charge on any atom is -0.493 e. The Bertz CT molecular complexity index is 708. The molecule has 1 aromatic rings. The van der Waals surface area contributed by atoms with Crippen molar-refractivity contribution in [2.24, 2.45) is 0 Å². The van der Waals surface area contributed by atoms with Crippen LogP contribution in [0.5, 0.6) is 5.75 Å². The summed E-state index contributed by atoms with van der Waals surface area (Å²) >= 11 is 1.51. The molecule has 7 heteroatoms. The van der Waals surface area contributed by atoms with Gasteiger partial charge < -0.3 is 10.1 Å². The molecule has 1 amide bonds. The van der Waals surface area contributed by atoms with E-state index in [1.807, 2.05) is 19.1 Å². The van der Waals surface area contributed by atoms with Gasteiger partial charge in [0.15, 0.2) is 9.84 Å². The van der Waals surface area contributed by atoms with E-state index < -0.39 is 9.84 Å². The lowest BCUT2D eigenvalue weighted by atomic mass is 9.87. The van der Waals surface area contributed by atoms with Gasteiger partial charge in [-0.2, -0.15) is 0 Å². The van der Waals surface area contributed by atoms with E-state index in [1.165, 1.54) is 17.3 Å². The van der Waals surface area contributed by atoms with Gasteiger partial charge in [-0.15, -0.1) is 11.8 Å². The molecule has 0 radical (unpaired) electrons. The number of carbonyl (C=O) groups is 1. The first-order valence-electron chi connectivity index (χ1n) is 8.92. The second kappa shape index (κ2) is 8.65. The topological polar surface area (TPSA) is 72.5 Å². The second-order valence-electron chi connectivity index (χ2n) is 7.74. The Morgan fingerprint density at radius 1 is 1.31 bits per heavy atom. The Kier molecular flexibility index (Phi) is 7.02. The Hall–Kier alpha value is -1.21. The summed E-state index contributed by atoms with van der Waals surface area (Å²) in [5.41, 5.74) is 1.38. The van der Waals surface area contributed by atoms with Crippen LogP contribution < -0.4 is 10.1 Å². The highest BCUT2D eigenvalue weighted by atomic mass is 32.2. The number of hydrogen-bond donors (Lipinski definition) is 1. The summed E-state index contributed by atoms with van der Waals surface area (Å²) in [6.45, 7) is 8.88. The number of carbonyl (C=O) groups excluding carboxylic acids is 1. The fourth-order valence-electron chi connectivity index (χ4n) is 2.74. The Morgan fingerprint density at radius 2 is 1.96 bits per heavy atom. The number of hydrogen-bond acceptors (Lipinski definition) is 5. The highest BCUT2D eigenvalue weighted by molar-refractivity contribution is 8.00. The maximum atomic E-state index is 12.1. The average molecular weight is 400 g/mol. The van der Waals surface area contributed by atoms with Crippen LogP contribution in [0.25, 0.3) is 0 Å². The molecule has 1 fully saturated rings. The zero-order chi connectivity index (χ0) is 19.4. The van der Waals surface area contributed by atoms with Crippen LogP contribution in [0.3, 0.4) is 0 Å². The molecule has 1 saturated heterocycles. The molecule has 0 spiro atoms. The fraction of sp³-hybridized carbons (Fsp3) is 0.632. The van der Waals surface area contributed by atoms with Gasteiger partial charge in [0.05, 0.1) is 23.4 Å². The van der Waals surface area contributed by atoms with E-state index in [1.54, 1.807) is 0 Å². The molecule has 5 nitrogen and oxygen atoms in total. The number of thioether (sulfide) groups is 1. The van der Waals surface area contributed by atoms with Crippen molar-refractivity contribution < 1.29 is 17.9 Å². The Labute approximate surface area is 161 Å². The minimum atomic E-state index is -2.97. The molecule has 1 aromatic carbocycles. The van der Waals surface area contributed by atoms with Crippen molar-refractivity contribution in [3.63, 3.8) is 0 Å². The quantitative estimate of drug-likeness (QED) is 0.714. The summed E-state index contributed by atoms with van der Waals surface area (Å²) in [6.07, 6.45) is 0.513. The smallest absolute Gasteiger partial charge is 0.233 e. The van der Waals surface area contributed by atoms with Crippen LogP contribution in [0.4, 0.5) is 0 Å². The molecule has 1 N–H and O–H groups in total. The molecule has 0 bridgehead atoms. The zero-order valence-electron chi connectivity index (χ0n) is 15.9. The van der Waals surface area contributed by atoms with E-state index in [2.05, 4.69) is 38.2 Å². The molecule has 0 aromatic heterocycles. The van der Waals surface area contributed by atoms with E-state index in [0.717, 1.165) is 5.75 Å². The molecular weight excluding hydrogens is 370 g/mol. The number of ether oxygens (including phenoxy) is 1. The molecule has 0 unspecified atom stereocenters. The highest BCUT2D eigenvalue weighted by Gasteiger charge is 2.29. The van der Waals surface area contributed by atoms with Gasteiger partial charge in [0.2, 0.25) is 5.91 Å². The van der Waals surface area contributed by atoms with Crippen LogP contribution >= 0.6 is 11.8 Å². The van der Waals surface area contributed by atoms with Crippen molar-refractivity contribution in [1.29, 1.82) is 0 Å². The van der Waals surface area contributed by atoms with Gasteiger partial charge in [-0.25, -0.2) is 8.42 Å². The summed E-state index contributed by atoms with van der Waals surface area (Å²) in [7, 11) is -2.97. The van der Waals surface area contributed by atoms with Crippen LogP contribution in [0.2, 0.25) is 0 Å². The molecular formula is C19H29NO4S2. The maximum Gasteiger partial charge on any atom is 0.233 e. The molecule has 146 valence electrons. The predicted octanol–water partition coefficient (Wildman–Crippen LogP) is 2.79. The first-order chi connectivity index (χ1) is 12.1. The number of nitrogens with one attached hydrogen (secondary N) is 1. The van der Waals surface area contributed by atoms with Crippen molar-refractivity contribution >= 4 is 27.5 Å². The third kappa shape index (κ3) is 6.50. The van der Waals surface area contributed by atoms with Gasteiger partial charge in [0, 0.05) is 11.8 Å². The number of benzene rings is 1. The van der Waals surface area contributed by atoms with E-state index >= 15 is 0 Å². The van der Waals surface area contributed by atoms with Gasteiger partial charge in [0.25, 0.3) is 0 Å². The minimum absolute atomic E-state index is 0.0593. The van der Waals surface area contributed by atoms with Crippen molar-refractivity contribution in [1.82, 2.24) is 5.32 Å². The summed E-state index contributed by atoms with van der Waals surface area (Å²) in [5.74, 6) is 1.64. The molecule has 1 aliphatic rings. The molecule has 26 heavy (non-hydrogen) atoms. The largest absolute Gasteiger partial charge is 0.493 e. The molecule has 1 aliphatic heterocycles. The zero-order valence-corrected chi connectivity index (χ0v) is 17.6. The van der Waals surface area contributed by atoms with E-state index in [9.17, 15) is 13.2 Å². The first kappa shape index (κ1) is 21.1. The monoisotopic (exact) mass is 399 g/mol. The summed E-state index contributed by atoms with van der Waals surface area (Å²) in [6, 6.07) is 7.86. The van der Waals surface area contributed by atoms with Gasteiger partial charge in [-0.1, -0.05) is 32.9 Å². The van der Waals surface area contributed by atoms with Crippen molar-refractivity contribution in [3.8, 4) is 5.75 Å². The summed E-state index contributed by atoms with van der Waals surface area (Å²) < 4.78 is 28.6. The lowest BCUT2D eigenvalue weighted by molar-refractivity contribution is -0.120. The first-order valence-corrected chi connectivity index (χ1v) is 11.8. The van der Waals surface area contributed by atoms with Gasteiger partial charge in [-0.3, -0.25) is 4.79 Å². The normalized spacial score (nSPS) is 20.5. The van der Waals surface area contributed by atoms with Gasteiger partial charge in [-0.05, 0) is 36.5 Å².